The summed E-state index contributed by atoms with van der Waals surface area (Å²) >= 11 is -2.42. The van der Waals surface area contributed by atoms with Crippen LogP contribution in [0.1, 0.15) is 5.56 Å². The van der Waals surface area contributed by atoms with E-state index >= 15 is 0 Å². The summed E-state index contributed by atoms with van der Waals surface area (Å²) in [5.41, 5.74) is 0.311. The lowest BCUT2D eigenvalue weighted by atomic mass is 10.3. The van der Waals surface area contributed by atoms with Gasteiger partial charge in [-0.2, -0.15) is 0 Å². The molecular formula is C8H7N2O4S-. The van der Waals surface area contributed by atoms with Crippen LogP contribution >= 0.6 is 0 Å². The largest absolute Gasteiger partial charge is 0.767 e. The van der Waals surface area contributed by atoms with Gasteiger partial charge in [-0.25, -0.2) is 4.98 Å². The molecule has 0 fully saturated rings. The molecule has 1 aromatic heterocycles. The van der Waals surface area contributed by atoms with Crippen molar-refractivity contribution in [3.8, 4) is 0 Å². The van der Waals surface area contributed by atoms with E-state index < -0.39 is 11.1 Å². The molecule has 1 aromatic rings. The molecule has 0 saturated heterocycles. The third kappa shape index (κ3) is 2.13. The van der Waals surface area contributed by atoms with Gasteiger partial charge in [0.2, 0.25) is 0 Å². The zero-order valence-corrected chi connectivity index (χ0v) is 8.40. The number of aromatic nitrogens is 1. The molecule has 1 atom stereocenters. The third-order valence-corrected chi connectivity index (χ3v) is 2.36. The summed E-state index contributed by atoms with van der Waals surface area (Å²) in [6.45, 7) is 0.707. The van der Waals surface area contributed by atoms with Gasteiger partial charge in [0, 0.05) is 6.20 Å². The van der Waals surface area contributed by atoms with Crippen LogP contribution in [0.3, 0.4) is 0 Å². The Balaban J connectivity index is 2.42. The third-order valence-electron chi connectivity index (χ3n) is 1.72. The van der Waals surface area contributed by atoms with Gasteiger partial charge in [0.15, 0.2) is 6.61 Å². The number of ether oxygens (including phenoxy) is 1. The van der Waals surface area contributed by atoms with E-state index in [1.807, 2.05) is 0 Å². The number of oxime groups is 1. The number of pyridine rings is 1. The minimum atomic E-state index is -2.42. The van der Waals surface area contributed by atoms with Crippen molar-refractivity contribution in [1.82, 2.24) is 4.98 Å². The highest BCUT2D eigenvalue weighted by Crippen LogP contribution is 2.13. The van der Waals surface area contributed by atoms with Crippen LogP contribution in [0.4, 0.5) is 0 Å². The van der Waals surface area contributed by atoms with Gasteiger partial charge in [0.1, 0.15) is 11.6 Å². The van der Waals surface area contributed by atoms with Gasteiger partial charge in [-0.15, -0.1) is 0 Å². The molecule has 7 heteroatoms. The summed E-state index contributed by atoms with van der Waals surface area (Å²) < 4.78 is 26.9. The minimum Gasteiger partial charge on any atom is -0.767 e. The molecular weight excluding hydrogens is 220 g/mol. The fraction of sp³-hybridized carbons (Fsp3) is 0.250. The lowest BCUT2D eigenvalue weighted by Gasteiger charge is -2.16. The fourth-order valence-corrected chi connectivity index (χ4v) is 1.60. The lowest BCUT2D eigenvalue weighted by Crippen LogP contribution is -2.19. The lowest BCUT2D eigenvalue weighted by molar-refractivity contribution is 0.0653. The molecule has 6 nitrogen and oxygen atoms in total. The molecule has 15 heavy (non-hydrogen) atoms. The van der Waals surface area contributed by atoms with E-state index in [2.05, 4.69) is 10.1 Å². The van der Waals surface area contributed by atoms with Gasteiger partial charge in [-0.1, -0.05) is 0 Å². The van der Waals surface area contributed by atoms with Crippen LogP contribution in [-0.4, -0.2) is 32.9 Å². The smallest absolute Gasteiger partial charge is 0.260 e. The van der Waals surface area contributed by atoms with E-state index in [4.69, 9.17) is 9.57 Å². The van der Waals surface area contributed by atoms with Gasteiger partial charge in [-0.05, 0) is 28.4 Å². The standard InChI is InChI=1S/C8H8N2O4S/c11-15(12)8-6(2-1-3-9-8)7-10-14-5-4-13-7/h1-3H,4-5H2,(H,11,12)/p-1. The van der Waals surface area contributed by atoms with Crippen molar-refractivity contribution in [2.24, 2.45) is 5.16 Å². The van der Waals surface area contributed by atoms with E-state index in [0.29, 0.717) is 18.8 Å². The molecule has 0 spiro atoms. The summed E-state index contributed by atoms with van der Waals surface area (Å²) in [6, 6.07) is 3.16. The summed E-state index contributed by atoms with van der Waals surface area (Å²) in [5.74, 6) is 0.147. The van der Waals surface area contributed by atoms with Crippen molar-refractivity contribution < 1.29 is 18.3 Å². The molecule has 2 rings (SSSR count). The van der Waals surface area contributed by atoms with Crippen LogP contribution in [0, 0.1) is 0 Å². The Morgan fingerprint density at radius 2 is 2.33 bits per heavy atom. The molecule has 1 unspecified atom stereocenters. The van der Waals surface area contributed by atoms with Crippen molar-refractivity contribution in [3.05, 3.63) is 23.9 Å². The van der Waals surface area contributed by atoms with Crippen LogP contribution in [0.5, 0.6) is 0 Å². The number of nitrogens with zero attached hydrogens (tertiary/aromatic N) is 2. The predicted molar refractivity (Wildman–Crippen MR) is 49.9 cm³/mol. The maximum Gasteiger partial charge on any atom is 0.260 e. The molecule has 1 aliphatic heterocycles. The van der Waals surface area contributed by atoms with Crippen LogP contribution in [0.2, 0.25) is 0 Å². The Bertz CT molecular complexity index is 421. The minimum absolute atomic E-state index is 0.0956. The fourth-order valence-electron chi connectivity index (χ4n) is 1.12. The zero-order chi connectivity index (χ0) is 10.7. The number of hydrogen-bond donors (Lipinski definition) is 0. The molecule has 0 radical (unpaired) electrons. The van der Waals surface area contributed by atoms with E-state index in [1.54, 1.807) is 12.1 Å². The van der Waals surface area contributed by atoms with Gasteiger partial charge < -0.3 is 14.1 Å². The average molecular weight is 227 g/mol. The van der Waals surface area contributed by atoms with Crippen molar-refractivity contribution in [2.45, 2.75) is 5.03 Å². The first-order valence-electron chi connectivity index (χ1n) is 4.16. The van der Waals surface area contributed by atoms with E-state index in [0.717, 1.165) is 0 Å². The summed E-state index contributed by atoms with van der Waals surface area (Å²) in [7, 11) is 0. The molecule has 0 aliphatic carbocycles. The average Bonchev–Trinajstić information content (AvgIpc) is 2.30. The van der Waals surface area contributed by atoms with Gasteiger partial charge in [0.25, 0.3) is 5.90 Å². The van der Waals surface area contributed by atoms with Gasteiger partial charge in [0.05, 0.1) is 5.56 Å². The molecule has 0 aromatic carbocycles. The van der Waals surface area contributed by atoms with E-state index in [-0.39, 0.29) is 10.9 Å². The number of hydrogen-bond acceptors (Lipinski definition) is 6. The Kier molecular flexibility index (Phi) is 2.93. The summed E-state index contributed by atoms with van der Waals surface area (Å²) in [4.78, 5) is 8.53. The quantitative estimate of drug-likeness (QED) is 0.665. The Morgan fingerprint density at radius 1 is 1.47 bits per heavy atom. The molecule has 0 amide bonds. The van der Waals surface area contributed by atoms with Crippen molar-refractivity contribution in [3.63, 3.8) is 0 Å². The summed E-state index contributed by atoms with van der Waals surface area (Å²) in [6.07, 6.45) is 1.39. The van der Waals surface area contributed by atoms with Crippen molar-refractivity contribution >= 4 is 17.0 Å². The highest BCUT2D eigenvalue weighted by atomic mass is 32.2. The van der Waals surface area contributed by atoms with Gasteiger partial charge in [-0.3, -0.25) is 4.21 Å². The molecule has 80 valence electrons. The summed E-state index contributed by atoms with van der Waals surface area (Å²) in [5, 5.41) is 3.53. The zero-order valence-electron chi connectivity index (χ0n) is 7.58. The number of rotatable bonds is 2. The molecule has 1 aliphatic rings. The normalized spacial score (nSPS) is 17.3. The highest BCUT2D eigenvalue weighted by Gasteiger charge is 2.15. The van der Waals surface area contributed by atoms with Crippen molar-refractivity contribution in [1.29, 1.82) is 0 Å². The second-order valence-corrected chi connectivity index (χ2v) is 3.53. The maximum atomic E-state index is 10.9. The van der Waals surface area contributed by atoms with Crippen LogP contribution in [-0.2, 0) is 20.7 Å². The van der Waals surface area contributed by atoms with Crippen LogP contribution in [0.15, 0.2) is 28.5 Å². The van der Waals surface area contributed by atoms with Gasteiger partial charge >= 0.3 is 0 Å². The SMILES string of the molecule is O=S([O-])c1ncccc1C1=NOCCO1. The van der Waals surface area contributed by atoms with E-state index in [1.165, 1.54) is 6.20 Å². The first-order valence-corrected chi connectivity index (χ1v) is 5.24. The Hall–Kier alpha value is -1.47. The maximum absolute atomic E-state index is 10.9. The highest BCUT2D eigenvalue weighted by molar-refractivity contribution is 7.79. The van der Waals surface area contributed by atoms with E-state index in [9.17, 15) is 8.76 Å². The molecule has 0 N–H and O–H groups in total. The van der Waals surface area contributed by atoms with Crippen molar-refractivity contribution in [2.75, 3.05) is 13.2 Å². The van der Waals surface area contributed by atoms with Crippen LogP contribution < -0.4 is 0 Å². The van der Waals surface area contributed by atoms with Crippen LogP contribution in [0.25, 0.3) is 0 Å². The monoisotopic (exact) mass is 227 g/mol. The molecule has 0 saturated carbocycles. The topological polar surface area (TPSA) is 83.8 Å². The second kappa shape index (κ2) is 4.37. The molecule has 0 bridgehead atoms. The first-order chi connectivity index (χ1) is 7.29. The first kappa shape index (κ1) is 10.1. The Morgan fingerprint density at radius 3 is 3.00 bits per heavy atom. The Labute approximate surface area is 88.2 Å². The second-order valence-electron chi connectivity index (χ2n) is 2.67. The predicted octanol–water partition coefficient (Wildman–Crippen LogP) is 0.0280. The molecule has 2 heterocycles.